The Labute approximate surface area is 71.4 Å². The van der Waals surface area contributed by atoms with Crippen LogP contribution in [0.5, 0.6) is 0 Å². The van der Waals surface area contributed by atoms with E-state index in [2.05, 4.69) is 11.3 Å². The van der Waals surface area contributed by atoms with Crippen molar-refractivity contribution in [2.24, 2.45) is 5.92 Å². The van der Waals surface area contributed by atoms with Crippen LogP contribution in [0.15, 0.2) is 12.6 Å². The van der Waals surface area contributed by atoms with Crippen molar-refractivity contribution in [1.82, 2.24) is 0 Å². The molecule has 0 bridgehead atoms. The van der Waals surface area contributed by atoms with Crippen molar-refractivity contribution < 1.29 is 13.5 Å². The third-order valence-corrected chi connectivity index (χ3v) is 2.25. The molecule has 0 aromatic rings. The van der Waals surface area contributed by atoms with Crippen molar-refractivity contribution in [3.8, 4) is 0 Å². The van der Waals surface area contributed by atoms with E-state index in [-0.39, 0.29) is 0 Å². The third-order valence-electron chi connectivity index (χ3n) is 2.25. The van der Waals surface area contributed by atoms with Gasteiger partial charge in [-0.1, -0.05) is 6.92 Å². The highest BCUT2D eigenvalue weighted by Gasteiger charge is 2.30. The zero-order valence-corrected chi connectivity index (χ0v) is 7.22. The summed E-state index contributed by atoms with van der Waals surface area (Å²) in [6.45, 7) is 4.94. The van der Waals surface area contributed by atoms with Gasteiger partial charge in [-0.15, -0.1) is 0 Å². The highest BCUT2D eigenvalue weighted by molar-refractivity contribution is 4.82. The average molecular weight is 176 g/mol. The first kappa shape index (κ1) is 9.49. The van der Waals surface area contributed by atoms with Gasteiger partial charge in [0.1, 0.15) is 12.3 Å². The molecule has 0 saturated heterocycles. The Morgan fingerprint density at radius 3 is 2.67 bits per heavy atom. The second-order valence-corrected chi connectivity index (χ2v) is 3.45. The smallest absolute Gasteiger partial charge is 0.265 e. The Bertz CT molecular complexity index is 170. The SMILES string of the molecule is C=C(F)OC1CCC(C)CC1F. The summed E-state index contributed by atoms with van der Waals surface area (Å²) >= 11 is 0. The number of alkyl halides is 1. The van der Waals surface area contributed by atoms with Gasteiger partial charge in [-0.25, -0.2) is 4.39 Å². The number of rotatable bonds is 2. The molecule has 1 saturated carbocycles. The van der Waals surface area contributed by atoms with Crippen molar-refractivity contribution in [1.29, 1.82) is 0 Å². The summed E-state index contributed by atoms with van der Waals surface area (Å²) in [5.41, 5.74) is 0. The fourth-order valence-corrected chi connectivity index (χ4v) is 1.58. The topological polar surface area (TPSA) is 9.23 Å². The van der Waals surface area contributed by atoms with E-state index in [0.717, 1.165) is 6.42 Å². The fourth-order valence-electron chi connectivity index (χ4n) is 1.58. The van der Waals surface area contributed by atoms with E-state index in [1.165, 1.54) is 0 Å². The number of ether oxygens (including phenoxy) is 1. The Hall–Kier alpha value is -0.600. The molecule has 12 heavy (non-hydrogen) atoms. The van der Waals surface area contributed by atoms with Crippen LogP contribution in [0.1, 0.15) is 26.2 Å². The van der Waals surface area contributed by atoms with Crippen LogP contribution in [0.25, 0.3) is 0 Å². The van der Waals surface area contributed by atoms with Crippen LogP contribution in [-0.4, -0.2) is 12.3 Å². The molecule has 3 unspecified atom stereocenters. The molecule has 70 valence electrons. The molecule has 3 heteroatoms. The molecule has 0 radical (unpaired) electrons. The largest absolute Gasteiger partial charge is 0.465 e. The zero-order chi connectivity index (χ0) is 9.14. The molecule has 0 heterocycles. The quantitative estimate of drug-likeness (QED) is 0.588. The molecule has 0 aromatic heterocycles. The average Bonchev–Trinajstić information content (AvgIpc) is 1.94. The van der Waals surface area contributed by atoms with Gasteiger partial charge in [0.25, 0.3) is 6.01 Å². The normalized spacial score (nSPS) is 36.1. The summed E-state index contributed by atoms with van der Waals surface area (Å²) in [5.74, 6) is 0.382. The monoisotopic (exact) mass is 176 g/mol. The Morgan fingerprint density at radius 1 is 1.50 bits per heavy atom. The van der Waals surface area contributed by atoms with E-state index in [4.69, 9.17) is 0 Å². The molecular weight excluding hydrogens is 162 g/mol. The Kier molecular flexibility index (Phi) is 3.06. The van der Waals surface area contributed by atoms with Crippen LogP contribution in [0.3, 0.4) is 0 Å². The Balaban J connectivity index is 2.39. The molecule has 0 amide bonds. The first-order chi connectivity index (χ1) is 5.59. The van der Waals surface area contributed by atoms with Gasteiger partial charge in [0.05, 0.1) is 0 Å². The van der Waals surface area contributed by atoms with Gasteiger partial charge in [-0.05, 0) is 31.8 Å². The maximum Gasteiger partial charge on any atom is 0.265 e. The van der Waals surface area contributed by atoms with Crippen LogP contribution in [-0.2, 0) is 4.74 Å². The van der Waals surface area contributed by atoms with Crippen LogP contribution in [0.2, 0.25) is 0 Å². The molecule has 3 atom stereocenters. The predicted molar refractivity (Wildman–Crippen MR) is 43.0 cm³/mol. The van der Waals surface area contributed by atoms with E-state index < -0.39 is 18.3 Å². The van der Waals surface area contributed by atoms with Gasteiger partial charge in [-0.3, -0.25) is 0 Å². The summed E-state index contributed by atoms with van der Waals surface area (Å²) in [5, 5.41) is 0. The van der Waals surface area contributed by atoms with Crippen LogP contribution in [0, 0.1) is 5.92 Å². The van der Waals surface area contributed by atoms with Gasteiger partial charge >= 0.3 is 0 Å². The summed E-state index contributed by atoms with van der Waals surface area (Å²) in [6.07, 6.45) is 0.307. The molecule has 1 fully saturated rings. The molecule has 0 aromatic carbocycles. The first-order valence-corrected chi connectivity index (χ1v) is 4.24. The molecule has 1 nitrogen and oxygen atoms in total. The maximum atomic E-state index is 13.1. The van der Waals surface area contributed by atoms with Gasteiger partial charge in [-0.2, -0.15) is 4.39 Å². The minimum atomic E-state index is -1.04. The van der Waals surface area contributed by atoms with Gasteiger partial charge in [0.2, 0.25) is 0 Å². The molecule has 1 aliphatic rings. The number of hydrogen-bond donors (Lipinski definition) is 0. The number of halogens is 2. The van der Waals surface area contributed by atoms with Crippen molar-refractivity contribution >= 4 is 0 Å². The standard InChI is InChI=1S/C9H14F2O/c1-6-3-4-9(8(11)5-6)12-7(2)10/h6,8-9H,2-5H2,1H3. The highest BCUT2D eigenvalue weighted by Crippen LogP contribution is 2.29. The molecule has 1 rings (SSSR count). The molecule has 0 spiro atoms. The maximum absolute atomic E-state index is 13.1. The van der Waals surface area contributed by atoms with E-state index in [0.29, 0.717) is 18.8 Å². The summed E-state index contributed by atoms with van der Waals surface area (Å²) < 4.78 is 29.9. The zero-order valence-electron chi connectivity index (χ0n) is 7.22. The third kappa shape index (κ3) is 2.47. The van der Waals surface area contributed by atoms with E-state index in [1.54, 1.807) is 0 Å². The number of hydrogen-bond acceptors (Lipinski definition) is 1. The van der Waals surface area contributed by atoms with Crippen molar-refractivity contribution in [3.05, 3.63) is 12.6 Å². The minimum Gasteiger partial charge on any atom is -0.465 e. The van der Waals surface area contributed by atoms with E-state index in [1.807, 2.05) is 6.92 Å². The van der Waals surface area contributed by atoms with Crippen LogP contribution in [0.4, 0.5) is 8.78 Å². The predicted octanol–water partition coefficient (Wildman–Crippen LogP) is 2.97. The van der Waals surface area contributed by atoms with Gasteiger partial charge in [0, 0.05) is 0 Å². The summed E-state index contributed by atoms with van der Waals surface area (Å²) in [4.78, 5) is 0. The van der Waals surface area contributed by atoms with Crippen LogP contribution >= 0.6 is 0 Å². The second-order valence-electron chi connectivity index (χ2n) is 3.45. The van der Waals surface area contributed by atoms with E-state index in [9.17, 15) is 8.78 Å². The fraction of sp³-hybridized carbons (Fsp3) is 0.778. The lowest BCUT2D eigenvalue weighted by molar-refractivity contribution is -0.0207. The lowest BCUT2D eigenvalue weighted by Crippen LogP contribution is -2.31. The van der Waals surface area contributed by atoms with Crippen molar-refractivity contribution in [2.45, 2.75) is 38.5 Å². The lowest BCUT2D eigenvalue weighted by Gasteiger charge is -2.29. The van der Waals surface area contributed by atoms with Crippen molar-refractivity contribution in [2.75, 3.05) is 0 Å². The Morgan fingerprint density at radius 2 is 2.17 bits per heavy atom. The van der Waals surface area contributed by atoms with E-state index >= 15 is 0 Å². The molecular formula is C9H14F2O. The van der Waals surface area contributed by atoms with Crippen molar-refractivity contribution in [3.63, 3.8) is 0 Å². The molecule has 1 aliphatic carbocycles. The summed E-state index contributed by atoms with van der Waals surface area (Å²) in [6, 6.07) is -0.878. The lowest BCUT2D eigenvalue weighted by atomic mass is 9.87. The van der Waals surface area contributed by atoms with Crippen LogP contribution < -0.4 is 0 Å². The molecule has 0 aliphatic heterocycles. The van der Waals surface area contributed by atoms with Gasteiger partial charge < -0.3 is 4.74 Å². The molecule has 0 N–H and O–H groups in total. The first-order valence-electron chi connectivity index (χ1n) is 4.24. The second kappa shape index (κ2) is 3.87. The highest BCUT2D eigenvalue weighted by atomic mass is 19.1. The summed E-state index contributed by atoms with van der Waals surface area (Å²) in [7, 11) is 0. The minimum absolute atomic E-state index is 0.382. The van der Waals surface area contributed by atoms with Gasteiger partial charge in [0.15, 0.2) is 0 Å².